The van der Waals surface area contributed by atoms with Gasteiger partial charge >= 0.3 is 5.97 Å². The number of rotatable bonds is 6. The van der Waals surface area contributed by atoms with E-state index in [1.54, 1.807) is 0 Å². The second-order valence-corrected chi connectivity index (χ2v) is 14.6. The smallest absolute Gasteiger partial charge is 0.303 e. The topological polar surface area (TPSA) is 57.5 Å². The summed E-state index contributed by atoms with van der Waals surface area (Å²) in [4.78, 5) is 11.2. The molecule has 38 heavy (non-hydrogen) atoms. The Morgan fingerprint density at radius 2 is 1.68 bits per heavy atom. The summed E-state index contributed by atoms with van der Waals surface area (Å²) in [6.45, 7) is 7.48. The zero-order valence-electron chi connectivity index (χ0n) is 23.8. The van der Waals surface area contributed by atoms with E-state index in [2.05, 4.69) is 63.2 Å². The Morgan fingerprint density at radius 1 is 0.921 bits per heavy atom. The first-order chi connectivity index (χ1) is 18.1. The van der Waals surface area contributed by atoms with Crippen molar-refractivity contribution in [1.82, 2.24) is 0 Å². The van der Waals surface area contributed by atoms with Gasteiger partial charge in [0.15, 0.2) is 0 Å². The van der Waals surface area contributed by atoms with E-state index in [1.807, 2.05) is 0 Å². The molecule has 0 spiro atoms. The van der Waals surface area contributed by atoms with Gasteiger partial charge in [0.1, 0.15) is 0 Å². The molecule has 0 aliphatic heterocycles. The van der Waals surface area contributed by atoms with E-state index in [0.717, 1.165) is 49.9 Å². The maximum absolute atomic E-state index is 11.9. The molecule has 206 valence electrons. The molecule has 0 amide bonds. The van der Waals surface area contributed by atoms with Crippen LogP contribution in [0.2, 0.25) is 0 Å². The van der Waals surface area contributed by atoms with E-state index >= 15 is 0 Å². The van der Waals surface area contributed by atoms with E-state index in [-0.39, 0.29) is 0 Å². The predicted molar refractivity (Wildman–Crippen MR) is 154 cm³/mol. The van der Waals surface area contributed by atoms with Crippen molar-refractivity contribution >= 4 is 16.7 Å². The molecule has 0 heterocycles. The Labute approximate surface area is 229 Å². The minimum atomic E-state index is -0.649. The second-order valence-electron chi connectivity index (χ2n) is 14.6. The van der Waals surface area contributed by atoms with Gasteiger partial charge in [-0.25, -0.2) is 0 Å². The molecule has 4 aliphatic carbocycles. The highest BCUT2D eigenvalue weighted by atomic mass is 16.4. The lowest BCUT2D eigenvalue weighted by molar-refractivity contribution is -0.152. The monoisotopic (exact) mass is 516 g/mol. The summed E-state index contributed by atoms with van der Waals surface area (Å²) in [5, 5.41) is 23.7. The second kappa shape index (κ2) is 9.65. The summed E-state index contributed by atoms with van der Waals surface area (Å²) in [5.74, 6) is 3.56. The summed E-state index contributed by atoms with van der Waals surface area (Å²) < 4.78 is 0. The Bertz CT molecular complexity index is 1190. The first-order valence-electron chi connectivity index (χ1n) is 15.5. The third-order valence-corrected chi connectivity index (χ3v) is 12.7. The molecule has 0 aromatic heterocycles. The number of carbonyl (C=O) groups is 1. The van der Waals surface area contributed by atoms with Crippen LogP contribution in [0.1, 0.15) is 97.0 Å². The molecule has 0 saturated heterocycles. The number of hydrogen-bond donors (Lipinski definition) is 2. The summed E-state index contributed by atoms with van der Waals surface area (Å²) in [6, 6.07) is 15.3. The van der Waals surface area contributed by atoms with E-state index in [4.69, 9.17) is 0 Å². The highest BCUT2D eigenvalue weighted by Crippen LogP contribution is 2.69. The van der Waals surface area contributed by atoms with Crippen LogP contribution in [0.15, 0.2) is 42.5 Å². The molecule has 6 rings (SSSR count). The van der Waals surface area contributed by atoms with Gasteiger partial charge in [-0.15, -0.1) is 0 Å². The van der Waals surface area contributed by atoms with Gasteiger partial charge in [-0.05, 0) is 127 Å². The third kappa shape index (κ3) is 4.41. The Kier molecular flexibility index (Phi) is 6.69. The van der Waals surface area contributed by atoms with Crippen LogP contribution in [-0.2, 0) is 11.2 Å². The van der Waals surface area contributed by atoms with Crippen molar-refractivity contribution in [3.8, 4) is 0 Å². The minimum absolute atomic E-state index is 0.312. The van der Waals surface area contributed by atoms with Crippen molar-refractivity contribution in [3.05, 3.63) is 48.0 Å². The van der Waals surface area contributed by atoms with E-state index in [0.29, 0.717) is 35.0 Å². The van der Waals surface area contributed by atoms with Crippen LogP contribution in [0.4, 0.5) is 0 Å². The Balaban J connectivity index is 1.16. The number of aliphatic carboxylic acids is 1. The van der Waals surface area contributed by atoms with Crippen molar-refractivity contribution in [2.75, 3.05) is 0 Å². The van der Waals surface area contributed by atoms with Crippen LogP contribution < -0.4 is 0 Å². The summed E-state index contributed by atoms with van der Waals surface area (Å²) >= 11 is 0. The van der Waals surface area contributed by atoms with Crippen LogP contribution in [0.3, 0.4) is 0 Å². The van der Waals surface area contributed by atoms with E-state index in [1.165, 1.54) is 54.9 Å². The van der Waals surface area contributed by atoms with Crippen LogP contribution in [-0.4, -0.2) is 21.8 Å². The highest BCUT2D eigenvalue weighted by molar-refractivity contribution is 5.83. The van der Waals surface area contributed by atoms with Crippen molar-refractivity contribution in [2.45, 2.75) is 103 Å². The molecule has 9 atom stereocenters. The molecular formula is C35H48O3. The molecule has 4 saturated carbocycles. The number of aliphatic hydroxyl groups is 1. The zero-order valence-corrected chi connectivity index (χ0v) is 23.8. The quantitative estimate of drug-likeness (QED) is 0.406. The molecule has 4 fully saturated rings. The van der Waals surface area contributed by atoms with E-state index in [9.17, 15) is 15.0 Å². The van der Waals surface area contributed by atoms with Gasteiger partial charge in [-0.2, -0.15) is 0 Å². The van der Waals surface area contributed by atoms with Crippen LogP contribution >= 0.6 is 0 Å². The minimum Gasteiger partial charge on any atom is -0.481 e. The number of fused-ring (bicyclic) bond motifs is 6. The van der Waals surface area contributed by atoms with Gasteiger partial charge in [0.05, 0.1) is 5.60 Å². The number of carboxylic acid groups (broad SMARTS) is 1. The van der Waals surface area contributed by atoms with Crippen LogP contribution in [0, 0.1) is 46.3 Å². The maximum Gasteiger partial charge on any atom is 0.303 e. The predicted octanol–water partition coefficient (Wildman–Crippen LogP) is 8.27. The van der Waals surface area contributed by atoms with Crippen molar-refractivity contribution in [2.24, 2.45) is 46.3 Å². The fourth-order valence-electron chi connectivity index (χ4n) is 10.7. The Morgan fingerprint density at radius 3 is 2.47 bits per heavy atom. The average molecular weight is 517 g/mol. The molecule has 4 aliphatic rings. The van der Waals surface area contributed by atoms with Crippen molar-refractivity contribution < 1.29 is 15.0 Å². The SMILES string of the molecule is C[C@H](CCC(=O)O)[C@H]1CC[C@H]2[C@@H]3CC[C@@H]4C[C@](O)(Cc5ccc6ccccc6c5)CC[C@]4(C)[C@H]3CC[C@]12C. The fraction of sp³-hybridized carbons (Fsp3) is 0.686. The molecule has 2 aromatic carbocycles. The van der Waals surface area contributed by atoms with E-state index < -0.39 is 11.6 Å². The summed E-state index contributed by atoms with van der Waals surface area (Å²) in [6.07, 6.45) is 12.8. The summed E-state index contributed by atoms with van der Waals surface area (Å²) in [7, 11) is 0. The normalized spacial score (nSPS) is 41.2. The number of hydrogen-bond acceptors (Lipinski definition) is 2. The van der Waals surface area contributed by atoms with Gasteiger partial charge in [0.2, 0.25) is 0 Å². The van der Waals surface area contributed by atoms with Gasteiger partial charge in [-0.3, -0.25) is 4.79 Å². The average Bonchev–Trinajstić information content (AvgIpc) is 3.25. The molecule has 3 heteroatoms. The van der Waals surface area contributed by atoms with Gasteiger partial charge in [-0.1, -0.05) is 63.2 Å². The lowest BCUT2D eigenvalue weighted by atomic mass is 9.43. The van der Waals surface area contributed by atoms with Crippen LogP contribution in [0.25, 0.3) is 10.8 Å². The fourth-order valence-corrected chi connectivity index (χ4v) is 10.7. The molecule has 0 unspecified atom stereocenters. The Hall–Kier alpha value is -1.87. The summed E-state index contributed by atoms with van der Waals surface area (Å²) in [5.41, 5.74) is 1.42. The first kappa shape index (κ1) is 26.4. The van der Waals surface area contributed by atoms with Gasteiger partial charge < -0.3 is 10.2 Å². The molecule has 0 bridgehead atoms. The first-order valence-corrected chi connectivity index (χ1v) is 15.5. The van der Waals surface area contributed by atoms with Crippen molar-refractivity contribution in [3.63, 3.8) is 0 Å². The zero-order chi connectivity index (χ0) is 26.7. The molecule has 0 radical (unpaired) electrons. The molecule has 2 aromatic rings. The van der Waals surface area contributed by atoms with Gasteiger partial charge in [0, 0.05) is 12.8 Å². The lowest BCUT2D eigenvalue weighted by Crippen LogP contribution is -2.56. The molecular weight excluding hydrogens is 468 g/mol. The number of benzene rings is 2. The third-order valence-electron chi connectivity index (χ3n) is 12.7. The van der Waals surface area contributed by atoms with Gasteiger partial charge in [0.25, 0.3) is 0 Å². The van der Waals surface area contributed by atoms with Crippen molar-refractivity contribution in [1.29, 1.82) is 0 Å². The molecule has 2 N–H and O–H groups in total. The standard InChI is InChI=1S/C35H48O3/c1-23(8-15-32(36)37)29-13-14-30-28-12-11-27-22-35(38,19-18-33(27,2)31(28)16-17-34(29,30)3)21-24-9-10-25-6-4-5-7-26(25)20-24/h4-7,9-10,20,23,27-31,38H,8,11-19,21-22H2,1-3H3,(H,36,37)/t23-,27-,28+,29-,30+,31+,33+,34-,35-/m1/s1. The largest absolute Gasteiger partial charge is 0.481 e. The highest BCUT2D eigenvalue weighted by Gasteiger charge is 2.61. The van der Waals surface area contributed by atoms with Crippen LogP contribution in [0.5, 0.6) is 0 Å². The molecule has 3 nitrogen and oxygen atoms in total. The lowest BCUT2D eigenvalue weighted by Gasteiger charge is -2.62. The number of carboxylic acids is 1. The maximum atomic E-state index is 11.9.